The number of rotatable bonds is 5. The number of carbonyl (C=O) groups excluding carboxylic acids is 1. The number of aliphatic hydroxyl groups excluding tert-OH is 1. The third kappa shape index (κ3) is 2.66. The number of fused-ring (bicyclic) bond motifs is 1. The predicted molar refractivity (Wildman–Crippen MR) is 78.3 cm³/mol. The minimum atomic E-state index is -0.189. The minimum Gasteiger partial charge on any atom is -0.496 e. The number of aliphatic hydroxyl groups is 1. The quantitative estimate of drug-likeness (QED) is 0.896. The Hall–Kier alpha value is -1.55. The lowest BCUT2D eigenvalue weighted by Crippen LogP contribution is -2.40. The Labute approximate surface area is 120 Å². The molecule has 0 bridgehead atoms. The molecule has 1 N–H and O–H groups in total. The normalized spacial score (nSPS) is 14.8. The molecular weight excluding hydrogens is 254 g/mol. The van der Waals surface area contributed by atoms with Gasteiger partial charge in [-0.1, -0.05) is 0 Å². The molecule has 0 aromatic heterocycles. The molecular formula is C16H23NO3. The van der Waals surface area contributed by atoms with Crippen molar-refractivity contribution in [2.75, 3.05) is 20.3 Å². The average molecular weight is 277 g/mol. The van der Waals surface area contributed by atoms with Crippen molar-refractivity contribution in [1.82, 2.24) is 4.90 Å². The number of methoxy groups -OCH3 is 1. The Morgan fingerprint density at radius 2 is 2.05 bits per heavy atom. The van der Waals surface area contributed by atoms with E-state index in [-0.39, 0.29) is 18.6 Å². The summed E-state index contributed by atoms with van der Waals surface area (Å²) in [6.07, 6.45) is 3.23. The van der Waals surface area contributed by atoms with Crippen LogP contribution < -0.4 is 4.74 Å². The molecule has 110 valence electrons. The van der Waals surface area contributed by atoms with Crippen LogP contribution in [0.1, 0.15) is 41.8 Å². The van der Waals surface area contributed by atoms with Gasteiger partial charge in [-0.05, 0) is 56.4 Å². The van der Waals surface area contributed by atoms with Crippen LogP contribution in [0.5, 0.6) is 5.75 Å². The average Bonchev–Trinajstić information content (AvgIpc) is 2.93. The fraction of sp³-hybridized carbons (Fsp3) is 0.562. The number of nitrogens with zero attached hydrogens (tertiary/aromatic N) is 1. The van der Waals surface area contributed by atoms with Gasteiger partial charge >= 0.3 is 0 Å². The number of amides is 1. The van der Waals surface area contributed by atoms with Gasteiger partial charge in [0.15, 0.2) is 0 Å². The highest BCUT2D eigenvalue weighted by Crippen LogP contribution is 2.30. The van der Waals surface area contributed by atoms with E-state index < -0.39 is 0 Å². The Morgan fingerprint density at radius 3 is 2.60 bits per heavy atom. The van der Waals surface area contributed by atoms with Gasteiger partial charge < -0.3 is 14.7 Å². The van der Waals surface area contributed by atoms with Crippen LogP contribution in [0.25, 0.3) is 0 Å². The molecule has 0 fully saturated rings. The van der Waals surface area contributed by atoms with Crippen molar-refractivity contribution >= 4 is 5.91 Å². The van der Waals surface area contributed by atoms with E-state index in [9.17, 15) is 9.90 Å². The van der Waals surface area contributed by atoms with Crippen LogP contribution in [0, 0.1) is 0 Å². The molecule has 1 atom stereocenters. The summed E-state index contributed by atoms with van der Waals surface area (Å²) < 4.78 is 5.39. The monoisotopic (exact) mass is 277 g/mol. The summed E-state index contributed by atoms with van der Waals surface area (Å²) in [4.78, 5) is 14.4. The maximum Gasteiger partial charge on any atom is 0.257 e. The van der Waals surface area contributed by atoms with Gasteiger partial charge in [-0.2, -0.15) is 0 Å². The molecule has 20 heavy (non-hydrogen) atoms. The summed E-state index contributed by atoms with van der Waals surface area (Å²) in [5.74, 6) is 0.569. The second kappa shape index (κ2) is 6.27. The third-order valence-electron chi connectivity index (χ3n) is 4.04. The molecule has 0 radical (unpaired) electrons. The van der Waals surface area contributed by atoms with Gasteiger partial charge in [-0.3, -0.25) is 4.79 Å². The zero-order valence-corrected chi connectivity index (χ0v) is 12.5. The zero-order valence-electron chi connectivity index (χ0n) is 12.5. The van der Waals surface area contributed by atoms with E-state index in [2.05, 4.69) is 0 Å². The van der Waals surface area contributed by atoms with Gasteiger partial charge in [0.1, 0.15) is 5.75 Å². The molecule has 4 nitrogen and oxygen atoms in total. The Kier molecular flexibility index (Phi) is 4.65. The van der Waals surface area contributed by atoms with E-state index >= 15 is 0 Å². The smallest absolute Gasteiger partial charge is 0.257 e. The van der Waals surface area contributed by atoms with Crippen molar-refractivity contribution in [3.05, 3.63) is 28.8 Å². The summed E-state index contributed by atoms with van der Waals surface area (Å²) in [6.45, 7) is 4.30. The lowest BCUT2D eigenvalue weighted by Gasteiger charge is -2.27. The fourth-order valence-corrected chi connectivity index (χ4v) is 2.85. The number of ether oxygens (including phenoxy) is 1. The molecule has 1 amide bonds. The Morgan fingerprint density at radius 1 is 1.40 bits per heavy atom. The van der Waals surface area contributed by atoms with Gasteiger partial charge in [0, 0.05) is 6.54 Å². The van der Waals surface area contributed by atoms with E-state index in [1.54, 1.807) is 12.0 Å². The van der Waals surface area contributed by atoms with Crippen molar-refractivity contribution in [3.63, 3.8) is 0 Å². The highest BCUT2D eigenvalue weighted by molar-refractivity contribution is 5.97. The van der Waals surface area contributed by atoms with E-state index in [1.165, 1.54) is 11.1 Å². The molecule has 0 saturated heterocycles. The molecule has 0 spiro atoms. The zero-order chi connectivity index (χ0) is 14.7. The molecule has 1 aromatic carbocycles. The second-order valence-electron chi connectivity index (χ2n) is 5.30. The van der Waals surface area contributed by atoms with Crippen LogP contribution >= 0.6 is 0 Å². The van der Waals surface area contributed by atoms with Gasteiger partial charge in [0.2, 0.25) is 0 Å². The number of carbonyl (C=O) groups is 1. The third-order valence-corrected chi connectivity index (χ3v) is 4.04. The molecule has 4 heteroatoms. The van der Waals surface area contributed by atoms with Crippen LogP contribution in [0.4, 0.5) is 0 Å². The van der Waals surface area contributed by atoms with Crippen LogP contribution in [-0.2, 0) is 12.8 Å². The summed E-state index contributed by atoms with van der Waals surface area (Å²) >= 11 is 0. The van der Waals surface area contributed by atoms with Gasteiger partial charge in [-0.15, -0.1) is 0 Å². The summed E-state index contributed by atoms with van der Waals surface area (Å²) in [5.41, 5.74) is 3.15. The van der Waals surface area contributed by atoms with Crippen molar-refractivity contribution in [2.24, 2.45) is 0 Å². The number of hydrogen-bond donors (Lipinski definition) is 1. The van der Waals surface area contributed by atoms with Crippen molar-refractivity contribution in [1.29, 1.82) is 0 Å². The largest absolute Gasteiger partial charge is 0.496 e. The van der Waals surface area contributed by atoms with Crippen molar-refractivity contribution in [2.45, 2.75) is 39.2 Å². The van der Waals surface area contributed by atoms with E-state index in [0.29, 0.717) is 17.9 Å². The minimum absolute atomic E-state index is 0.0349. The molecule has 0 aliphatic heterocycles. The van der Waals surface area contributed by atoms with Gasteiger partial charge in [0.25, 0.3) is 5.91 Å². The highest BCUT2D eigenvalue weighted by atomic mass is 16.5. The maximum atomic E-state index is 12.7. The van der Waals surface area contributed by atoms with Crippen LogP contribution in [0.3, 0.4) is 0 Å². The molecule has 1 unspecified atom stereocenters. The second-order valence-corrected chi connectivity index (χ2v) is 5.30. The van der Waals surface area contributed by atoms with E-state index in [0.717, 1.165) is 19.3 Å². The number of aryl methyl sites for hydroxylation is 2. The molecule has 1 aliphatic rings. The van der Waals surface area contributed by atoms with E-state index in [1.807, 2.05) is 26.0 Å². The molecule has 1 aliphatic carbocycles. The highest BCUT2D eigenvalue weighted by Gasteiger charge is 2.25. The molecule has 0 saturated carbocycles. The Bertz CT molecular complexity index is 499. The summed E-state index contributed by atoms with van der Waals surface area (Å²) in [5, 5.41) is 9.29. The molecule has 1 aromatic rings. The number of hydrogen-bond acceptors (Lipinski definition) is 3. The van der Waals surface area contributed by atoms with Crippen LogP contribution in [-0.4, -0.2) is 42.2 Å². The maximum absolute atomic E-state index is 12.7. The van der Waals surface area contributed by atoms with Crippen molar-refractivity contribution < 1.29 is 14.6 Å². The first-order valence-corrected chi connectivity index (χ1v) is 7.24. The van der Waals surface area contributed by atoms with Gasteiger partial charge in [-0.25, -0.2) is 0 Å². The van der Waals surface area contributed by atoms with E-state index in [4.69, 9.17) is 4.74 Å². The van der Waals surface area contributed by atoms with Crippen LogP contribution in [0.15, 0.2) is 12.1 Å². The predicted octanol–water partition coefficient (Wildman–Crippen LogP) is 2.03. The molecule has 0 heterocycles. The van der Waals surface area contributed by atoms with Crippen molar-refractivity contribution in [3.8, 4) is 5.75 Å². The first-order chi connectivity index (χ1) is 9.62. The van der Waals surface area contributed by atoms with Crippen LogP contribution in [0.2, 0.25) is 0 Å². The fourth-order valence-electron chi connectivity index (χ4n) is 2.85. The lowest BCUT2D eigenvalue weighted by molar-refractivity contribution is 0.0629. The molecule has 2 rings (SSSR count). The standard InChI is InChI=1S/C16H23NO3/c1-4-17(11(2)10-18)16(19)14-8-12-6-5-7-13(12)9-15(14)20-3/h8-9,11,18H,4-7,10H2,1-3H3. The van der Waals surface area contributed by atoms with Gasteiger partial charge in [0.05, 0.1) is 25.3 Å². The summed E-state index contributed by atoms with van der Waals surface area (Å²) in [7, 11) is 1.60. The summed E-state index contributed by atoms with van der Waals surface area (Å²) in [6, 6.07) is 3.77. The first-order valence-electron chi connectivity index (χ1n) is 7.24. The SMILES string of the molecule is CCN(C(=O)c1cc2c(cc1OC)CCC2)C(C)CO. The number of benzene rings is 1. The lowest BCUT2D eigenvalue weighted by atomic mass is 10.0. The topological polar surface area (TPSA) is 49.8 Å². The number of likely N-dealkylation sites (N-methyl/N-ethyl adjacent to an activating group) is 1. The Balaban J connectivity index is 2.38. The first kappa shape index (κ1) is 14.9.